The molecule has 1 saturated carbocycles. The molecule has 0 atom stereocenters. The van der Waals surface area contributed by atoms with Gasteiger partial charge in [-0.1, -0.05) is 32.1 Å². The molecular formula is C10H16N4. The van der Waals surface area contributed by atoms with Gasteiger partial charge in [-0.2, -0.15) is 0 Å². The molecule has 0 saturated heterocycles. The van der Waals surface area contributed by atoms with Crippen molar-refractivity contribution in [2.24, 2.45) is 0 Å². The lowest BCUT2D eigenvalue weighted by Crippen LogP contribution is -2.08. The van der Waals surface area contributed by atoms with Crippen LogP contribution >= 0.6 is 0 Å². The number of rotatable bonds is 1. The summed E-state index contributed by atoms with van der Waals surface area (Å²) in [6, 6.07) is 0. The largest absolute Gasteiger partial charge is 0.176 e. The van der Waals surface area contributed by atoms with Gasteiger partial charge in [0.15, 0.2) is 12.2 Å². The second kappa shape index (κ2) is 4.98. The Bertz CT molecular complexity index is 254. The fraction of sp³-hybridized carbons (Fsp3) is 0.800. The third-order valence-electron chi connectivity index (χ3n) is 2.89. The second-order valence-electron chi connectivity index (χ2n) is 3.95. The van der Waals surface area contributed by atoms with Gasteiger partial charge in [0.25, 0.3) is 0 Å². The van der Waals surface area contributed by atoms with Crippen LogP contribution in [-0.2, 0) is 0 Å². The minimum absolute atomic E-state index is 0.497. The summed E-state index contributed by atoms with van der Waals surface area (Å²) in [5.74, 6) is 1.34. The van der Waals surface area contributed by atoms with Crippen molar-refractivity contribution in [1.82, 2.24) is 20.4 Å². The van der Waals surface area contributed by atoms with E-state index in [0.717, 1.165) is 5.82 Å². The highest BCUT2D eigenvalue weighted by molar-refractivity contribution is 4.90. The van der Waals surface area contributed by atoms with Crippen LogP contribution in [0.1, 0.15) is 56.7 Å². The maximum Gasteiger partial charge on any atom is 0.176 e. The summed E-state index contributed by atoms with van der Waals surface area (Å²) in [5.41, 5.74) is 0. The van der Waals surface area contributed by atoms with Gasteiger partial charge in [-0.3, -0.25) is 0 Å². The second-order valence-corrected chi connectivity index (χ2v) is 3.95. The molecular weight excluding hydrogens is 176 g/mol. The normalized spacial score (nSPS) is 20.0. The van der Waals surface area contributed by atoms with E-state index in [2.05, 4.69) is 20.4 Å². The highest BCUT2D eigenvalue weighted by atomic mass is 15.3. The fourth-order valence-corrected chi connectivity index (χ4v) is 2.09. The predicted octanol–water partition coefficient (Wildman–Crippen LogP) is 2.09. The topological polar surface area (TPSA) is 51.6 Å². The summed E-state index contributed by atoms with van der Waals surface area (Å²) in [6.45, 7) is 0. The molecule has 0 bridgehead atoms. The minimum atomic E-state index is 0.497. The van der Waals surface area contributed by atoms with Crippen LogP contribution in [0.3, 0.4) is 0 Å². The fourth-order valence-electron chi connectivity index (χ4n) is 2.09. The van der Waals surface area contributed by atoms with E-state index in [-0.39, 0.29) is 0 Å². The zero-order valence-corrected chi connectivity index (χ0v) is 8.39. The molecule has 1 fully saturated rings. The van der Waals surface area contributed by atoms with Crippen LogP contribution in [0.2, 0.25) is 0 Å². The van der Waals surface area contributed by atoms with Gasteiger partial charge in [0, 0.05) is 5.92 Å². The third kappa shape index (κ3) is 2.47. The molecule has 1 aliphatic rings. The Balaban J connectivity index is 2.01. The first-order chi connectivity index (χ1) is 6.97. The molecule has 76 valence electrons. The van der Waals surface area contributed by atoms with Gasteiger partial charge < -0.3 is 0 Å². The zero-order chi connectivity index (χ0) is 9.64. The molecule has 0 amide bonds. The van der Waals surface area contributed by atoms with Crippen LogP contribution in [0.25, 0.3) is 0 Å². The van der Waals surface area contributed by atoms with E-state index in [1.807, 2.05) is 0 Å². The Morgan fingerprint density at radius 1 is 0.857 bits per heavy atom. The molecule has 4 nitrogen and oxygen atoms in total. The van der Waals surface area contributed by atoms with Crippen LogP contribution < -0.4 is 0 Å². The van der Waals surface area contributed by atoms with Gasteiger partial charge in [0.2, 0.25) is 0 Å². The lowest BCUT2D eigenvalue weighted by Gasteiger charge is -2.16. The van der Waals surface area contributed by atoms with Crippen LogP contribution in [0.5, 0.6) is 0 Å². The molecule has 14 heavy (non-hydrogen) atoms. The molecule has 2 rings (SSSR count). The molecule has 1 heterocycles. The van der Waals surface area contributed by atoms with Crippen molar-refractivity contribution in [1.29, 1.82) is 0 Å². The Hall–Kier alpha value is -1.06. The van der Waals surface area contributed by atoms with Crippen molar-refractivity contribution >= 4 is 0 Å². The number of hydrogen-bond donors (Lipinski definition) is 0. The SMILES string of the molecule is c1nnc(C2CCCCCCC2)nn1. The quantitative estimate of drug-likeness (QED) is 0.683. The Labute approximate surface area is 84.2 Å². The lowest BCUT2D eigenvalue weighted by atomic mass is 9.91. The van der Waals surface area contributed by atoms with Gasteiger partial charge >= 0.3 is 0 Å². The van der Waals surface area contributed by atoms with Crippen molar-refractivity contribution in [3.63, 3.8) is 0 Å². The summed E-state index contributed by atoms with van der Waals surface area (Å²) in [6.07, 6.45) is 10.5. The van der Waals surface area contributed by atoms with E-state index in [9.17, 15) is 0 Å². The average Bonchev–Trinajstić information content (AvgIpc) is 2.18. The van der Waals surface area contributed by atoms with Crippen LogP contribution in [0.4, 0.5) is 0 Å². The van der Waals surface area contributed by atoms with Crippen LogP contribution in [0, 0.1) is 0 Å². The molecule has 0 aromatic carbocycles. The van der Waals surface area contributed by atoms with Crippen LogP contribution in [0.15, 0.2) is 6.33 Å². The molecule has 1 aliphatic carbocycles. The molecule has 1 aromatic rings. The highest BCUT2D eigenvalue weighted by Crippen LogP contribution is 2.27. The van der Waals surface area contributed by atoms with Crippen molar-refractivity contribution in [3.8, 4) is 0 Å². The molecule has 4 heteroatoms. The monoisotopic (exact) mass is 192 g/mol. The highest BCUT2D eigenvalue weighted by Gasteiger charge is 2.16. The first-order valence-corrected chi connectivity index (χ1v) is 5.47. The summed E-state index contributed by atoms with van der Waals surface area (Å²) in [7, 11) is 0. The number of aromatic nitrogens is 4. The summed E-state index contributed by atoms with van der Waals surface area (Å²) < 4.78 is 0. The Morgan fingerprint density at radius 2 is 1.43 bits per heavy atom. The minimum Gasteiger partial charge on any atom is -0.135 e. The molecule has 0 radical (unpaired) electrons. The van der Waals surface area contributed by atoms with Gasteiger partial charge in [0.1, 0.15) is 0 Å². The Kier molecular flexibility index (Phi) is 3.38. The van der Waals surface area contributed by atoms with Crippen molar-refractivity contribution < 1.29 is 0 Å². The maximum atomic E-state index is 4.05. The van der Waals surface area contributed by atoms with Gasteiger partial charge in [0.05, 0.1) is 0 Å². The average molecular weight is 192 g/mol. The van der Waals surface area contributed by atoms with Gasteiger partial charge in [-0.15, -0.1) is 20.4 Å². The summed E-state index contributed by atoms with van der Waals surface area (Å²) in [5, 5.41) is 15.7. The van der Waals surface area contributed by atoms with Crippen LogP contribution in [-0.4, -0.2) is 20.4 Å². The zero-order valence-electron chi connectivity index (χ0n) is 8.39. The Morgan fingerprint density at radius 3 is 2.07 bits per heavy atom. The maximum absolute atomic E-state index is 4.05. The standard InChI is InChI=1S/C10H16N4/c1-2-4-6-9(7-5-3-1)10-13-11-8-12-14-10/h8-9H,1-7H2. The van der Waals surface area contributed by atoms with Gasteiger partial charge in [-0.05, 0) is 12.8 Å². The summed E-state index contributed by atoms with van der Waals surface area (Å²) >= 11 is 0. The molecule has 0 aliphatic heterocycles. The first-order valence-electron chi connectivity index (χ1n) is 5.47. The molecule has 0 unspecified atom stereocenters. The first kappa shape index (κ1) is 9.49. The van der Waals surface area contributed by atoms with Crippen molar-refractivity contribution in [2.75, 3.05) is 0 Å². The van der Waals surface area contributed by atoms with E-state index in [1.165, 1.54) is 51.3 Å². The smallest absolute Gasteiger partial charge is 0.135 e. The molecule has 0 spiro atoms. The van der Waals surface area contributed by atoms with Gasteiger partial charge in [-0.25, -0.2) is 0 Å². The number of hydrogen-bond acceptors (Lipinski definition) is 4. The number of nitrogens with zero attached hydrogens (tertiary/aromatic N) is 4. The molecule has 0 N–H and O–H groups in total. The lowest BCUT2D eigenvalue weighted by molar-refractivity contribution is 0.435. The van der Waals surface area contributed by atoms with Crippen molar-refractivity contribution in [3.05, 3.63) is 12.2 Å². The third-order valence-corrected chi connectivity index (χ3v) is 2.89. The van der Waals surface area contributed by atoms with E-state index in [1.54, 1.807) is 0 Å². The van der Waals surface area contributed by atoms with E-state index in [4.69, 9.17) is 0 Å². The van der Waals surface area contributed by atoms with E-state index in [0.29, 0.717) is 5.92 Å². The van der Waals surface area contributed by atoms with E-state index >= 15 is 0 Å². The molecule has 1 aromatic heterocycles. The van der Waals surface area contributed by atoms with E-state index < -0.39 is 0 Å². The van der Waals surface area contributed by atoms with Crippen molar-refractivity contribution in [2.45, 2.75) is 50.9 Å². The summed E-state index contributed by atoms with van der Waals surface area (Å²) in [4.78, 5) is 0. The predicted molar refractivity (Wildman–Crippen MR) is 52.7 cm³/mol.